The monoisotopic (exact) mass is 436 g/mol. The minimum Gasteiger partial charge on any atom is -0.412 e. The van der Waals surface area contributed by atoms with Gasteiger partial charge in [-0.3, -0.25) is 9.89 Å². The van der Waals surface area contributed by atoms with Crippen LogP contribution >= 0.6 is 11.3 Å². The van der Waals surface area contributed by atoms with Crippen LogP contribution in [0, 0.1) is 5.82 Å². The van der Waals surface area contributed by atoms with Crippen molar-refractivity contribution in [2.24, 2.45) is 0 Å². The fourth-order valence-electron chi connectivity index (χ4n) is 3.71. The van der Waals surface area contributed by atoms with Crippen molar-refractivity contribution in [2.45, 2.75) is 12.5 Å². The molecule has 0 saturated carbocycles. The lowest BCUT2D eigenvalue weighted by Crippen LogP contribution is -2.41. The molecule has 1 aliphatic heterocycles. The van der Waals surface area contributed by atoms with Crippen LogP contribution in [0.5, 0.6) is 0 Å². The maximum Gasteiger partial charge on any atom is 0.312 e. The summed E-state index contributed by atoms with van der Waals surface area (Å²) in [5.41, 5.74) is 2.45. The van der Waals surface area contributed by atoms with Crippen molar-refractivity contribution in [3.05, 3.63) is 65.0 Å². The number of carbonyl (C=O) groups is 1. The van der Waals surface area contributed by atoms with Gasteiger partial charge in [0.25, 0.3) is 5.89 Å². The number of halogens is 1. The van der Waals surface area contributed by atoms with Crippen LogP contribution < -0.4 is 0 Å². The van der Waals surface area contributed by atoms with Gasteiger partial charge < -0.3 is 14.3 Å². The Bertz CT molecular complexity index is 1410. The van der Waals surface area contributed by atoms with Gasteiger partial charge in [-0.05, 0) is 12.1 Å². The average Bonchev–Trinajstić information content (AvgIpc) is 3.58. The van der Waals surface area contributed by atoms with Crippen LogP contribution in [0.4, 0.5) is 4.39 Å². The predicted octanol–water partition coefficient (Wildman–Crippen LogP) is 2.72. The number of aromatic amines is 2. The second-order valence-electron chi connectivity index (χ2n) is 6.96. The van der Waals surface area contributed by atoms with E-state index in [1.165, 1.54) is 23.6 Å². The molecule has 10 nitrogen and oxygen atoms in total. The van der Waals surface area contributed by atoms with Crippen LogP contribution in [0.2, 0.25) is 0 Å². The number of fused-ring (bicyclic) bond motifs is 2. The number of hydrogen-bond acceptors (Lipinski definition) is 8. The summed E-state index contributed by atoms with van der Waals surface area (Å²) >= 11 is 1.33. The normalized spacial score (nSPS) is 16.0. The molecule has 5 aromatic rings. The summed E-state index contributed by atoms with van der Waals surface area (Å²) in [7, 11) is 0. The Morgan fingerprint density at radius 1 is 1.32 bits per heavy atom. The van der Waals surface area contributed by atoms with E-state index in [1.807, 2.05) is 0 Å². The maximum atomic E-state index is 14.3. The van der Waals surface area contributed by atoms with Gasteiger partial charge in [0.05, 0.1) is 28.5 Å². The third kappa shape index (κ3) is 2.83. The number of hydrogen-bond donors (Lipinski definition) is 2. The molecule has 5 heterocycles. The van der Waals surface area contributed by atoms with Crippen molar-refractivity contribution < 1.29 is 13.6 Å². The standard InChI is InChI=1S/C19H13FN8O2S/c20-10-2-1-3-12-13(10)25-18(31-12)15-14-11(21-8-22-14)4-5-28(15)19(29)17-27-26-16(30-17)9-6-23-24-7-9/h1-3,6-8,15H,4-5H2,(H,21,22)(H,23,24)/t15-/m0/s1. The molecule has 6 rings (SSSR count). The molecule has 154 valence electrons. The molecule has 31 heavy (non-hydrogen) atoms. The highest BCUT2D eigenvalue weighted by Crippen LogP contribution is 2.38. The number of benzene rings is 1. The summed E-state index contributed by atoms with van der Waals surface area (Å²) in [5.74, 6) is -0.807. The molecule has 2 N–H and O–H groups in total. The first-order valence-electron chi connectivity index (χ1n) is 9.40. The number of thiazole rings is 1. The Morgan fingerprint density at radius 3 is 3.10 bits per heavy atom. The van der Waals surface area contributed by atoms with E-state index in [1.54, 1.807) is 29.6 Å². The summed E-state index contributed by atoms with van der Waals surface area (Å²) < 4.78 is 20.6. The van der Waals surface area contributed by atoms with Gasteiger partial charge in [-0.15, -0.1) is 21.5 Å². The van der Waals surface area contributed by atoms with Gasteiger partial charge in [-0.2, -0.15) is 5.10 Å². The molecule has 1 aliphatic rings. The molecule has 0 saturated heterocycles. The first-order valence-corrected chi connectivity index (χ1v) is 10.2. The third-order valence-corrected chi connectivity index (χ3v) is 6.23. The zero-order chi connectivity index (χ0) is 20.9. The lowest BCUT2D eigenvalue weighted by molar-refractivity contribution is 0.0650. The highest BCUT2D eigenvalue weighted by Gasteiger charge is 2.38. The van der Waals surface area contributed by atoms with Gasteiger partial charge in [-0.25, -0.2) is 14.4 Å². The molecule has 1 amide bonds. The smallest absolute Gasteiger partial charge is 0.312 e. The van der Waals surface area contributed by atoms with Crippen LogP contribution in [-0.4, -0.2) is 52.7 Å². The van der Waals surface area contributed by atoms with E-state index in [4.69, 9.17) is 4.42 Å². The van der Waals surface area contributed by atoms with Gasteiger partial charge in [-0.1, -0.05) is 6.07 Å². The molecule has 0 bridgehead atoms. The van der Waals surface area contributed by atoms with Gasteiger partial charge in [0.1, 0.15) is 22.4 Å². The van der Waals surface area contributed by atoms with E-state index in [0.29, 0.717) is 33.9 Å². The Kier molecular flexibility index (Phi) is 3.93. The zero-order valence-electron chi connectivity index (χ0n) is 15.7. The first-order chi connectivity index (χ1) is 15.2. The molecule has 0 radical (unpaired) electrons. The van der Waals surface area contributed by atoms with E-state index in [9.17, 15) is 9.18 Å². The molecule has 0 fully saturated rings. The van der Waals surface area contributed by atoms with E-state index in [0.717, 1.165) is 5.69 Å². The van der Waals surface area contributed by atoms with Crippen molar-refractivity contribution in [1.82, 2.24) is 40.2 Å². The lowest BCUT2D eigenvalue weighted by atomic mass is 10.0. The predicted molar refractivity (Wildman–Crippen MR) is 107 cm³/mol. The highest BCUT2D eigenvalue weighted by atomic mass is 32.1. The van der Waals surface area contributed by atoms with Crippen molar-refractivity contribution in [3.8, 4) is 11.5 Å². The number of carbonyl (C=O) groups excluding carboxylic acids is 1. The Labute approximate surface area is 177 Å². The molecular weight excluding hydrogens is 423 g/mol. The van der Waals surface area contributed by atoms with Gasteiger partial charge in [0, 0.05) is 24.9 Å². The molecule has 1 aromatic carbocycles. The second-order valence-corrected chi connectivity index (χ2v) is 8.02. The van der Waals surface area contributed by atoms with Crippen LogP contribution in [0.15, 0.2) is 41.3 Å². The number of imidazole rings is 1. The second kappa shape index (κ2) is 6.80. The molecule has 0 spiro atoms. The number of nitrogens with zero attached hydrogens (tertiary/aromatic N) is 6. The van der Waals surface area contributed by atoms with Crippen LogP contribution in [0.3, 0.4) is 0 Å². The number of aromatic nitrogens is 7. The minimum atomic E-state index is -0.594. The summed E-state index contributed by atoms with van der Waals surface area (Å²) in [6.07, 6.45) is 5.29. The molecule has 0 unspecified atom stereocenters. The number of nitrogens with one attached hydrogen (secondary N) is 2. The first kappa shape index (κ1) is 17.9. The van der Waals surface area contributed by atoms with Crippen molar-refractivity contribution in [1.29, 1.82) is 0 Å². The largest absolute Gasteiger partial charge is 0.412 e. The Balaban J connectivity index is 1.42. The SMILES string of the molecule is O=C(c1nnc(-c2cn[nH]c2)o1)N1CCc2[nH]cnc2[C@H]1c1nc2c(F)cccc2s1. The molecule has 0 aliphatic carbocycles. The van der Waals surface area contributed by atoms with E-state index < -0.39 is 17.8 Å². The van der Waals surface area contributed by atoms with E-state index in [2.05, 4.69) is 35.3 Å². The van der Waals surface area contributed by atoms with Crippen molar-refractivity contribution in [3.63, 3.8) is 0 Å². The number of amides is 1. The summed E-state index contributed by atoms with van der Waals surface area (Å²) in [5, 5.41) is 14.9. The molecule has 1 atom stereocenters. The van der Waals surface area contributed by atoms with Gasteiger partial charge in [0.15, 0.2) is 0 Å². The van der Waals surface area contributed by atoms with E-state index >= 15 is 0 Å². The minimum absolute atomic E-state index is 0.146. The third-order valence-electron chi connectivity index (χ3n) is 5.16. The molecule has 12 heteroatoms. The van der Waals surface area contributed by atoms with Crippen LogP contribution in [0.25, 0.3) is 21.7 Å². The van der Waals surface area contributed by atoms with Crippen molar-refractivity contribution >= 4 is 27.5 Å². The summed E-state index contributed by atoms with van der Waals surface area (Å²) in [6, 6.07) is 4.21. The van der Waals surface area contributed by atoms with Crippen molar-refractivity contribution in [2.75, 3.05) is 6.54 Å². The number of para-hydroxylation sites is 1. The molecule has 4 aromatic heterocycles. The lowest BCUT2D eigenvalue weighted by Gasteiger charge is -2.32. The fourth-order valence-corrected chi connectivity index (χ4v) is 4.81. The zero-order valence-corrected chi connectivity index (χ0v) is 16.6. The van der Waals surface area contributed by atoms with Crippen LogP contribution in [-0.2, 0) is 6.42 Å². The summed E-state index contributed by atoms with van der Waals surface area (Å²) in [4.78, 5) is 27.0. The quantitative estimate of drug-likeness (QED) is 0.445. The topological polar surface area (TPSA) is 129 Å². The number of rotatable bonds is 3. The van der Waals surface area contributed by atoms with E-state index in [-0.39, 0.29) is 17.3 Å². The Morgan fingerprint density at radius 2 is 2.26 bits per heavy atom. The summed E-state index contributed by atoms with van der Waals surface area (Å²) in [6.45, 7) is 0.389. The number of H-pyrrole nitrogens is 2. The van der Waals surface area contributed by atoms with Crippen LogP contribution in [0.1, 0.15) is 33.1 Å². The Hall–Kier alpha value is -3.93. The highest BCUT2D eigenvalue weighted by molar-refractivity contribution is 7.18. The fraction of sp³-hybridized carbons (Fsp3) is 0.158. The average molecular weight is 436 g/mol. The van der Waals surface area contributed by atoms with Gasteiger partial charge >= 0.3 is 11.8 Å². The maximum absolute atomic E-state index is 14.3. The molecular formula is C19H13FN8O2S. The van der Waals surface area contributed by atoms with Gasteiger partial charge in [0.2, 0.25) is 0 Å².